The predicted octanol–water partition coefficient (Wildman–Crippen LogP) is 0.995. The van der Waals surface area contributed by atoms with E-state index in [2.05, 4.69) is 10.3 Å². The van der Waals surface area contributed by atoms with Gasteiger partial charge in [0.2, 0.25) is 0 Å². The second kappa shape index (κ2) is 5.73. The highest BCUT2D eigenvalue weighted by molar-refractivity contribution is 8.14. The van der Waals surface area contributed by atoms with E-state index < -0.39 is 11.8 Å². The molecule has 2 aliphatic rings. The molecule has 1 fully saturated rings. The molecule has 0 bridgehead atoms. The molecule has 2 amide bonds. The summed E-state index contributed by atoms with van der Waals surface area (Å²) in [5.41, 5.74) is 0. The number of amidine groups is 1. The maximum absolute atomic E-state index is 12.2. The van der Waals surface area contributed by atoms with Crippen molar-refractivity contribution in [2.45, 2.75) is 45.2 Å². The molecule has 0 spiro atoms. The van der Waals surface area contributed by atoms with E-state index in [-0.39, 0.29) is 12.1 Å². The van der Waals surface area contributed by atoms with Crippen molar-refractivity contribution in [3.05, 3.63) is 0 Å². The third kappa shape index (κ3) is 2.85. The van der Waals surface area contributed by atoms with E-state index in [9.17, 15) is 9.59 Å². The summed E-state index contributed by atoms with van der Waals surface area (Å²) in [5, 5.41) is 3.17. The number of nitrogens with zero attached hydrogens (tertiary/aromatic N) is 2. The first-order valence-corrected chi connectivity index (χ1v) is 7.39. The van der Waals surface area contributed by atoms with E-state index in [0.29, 0.717) is 11.7 Å². The number of hydrogen-bond donors (Lipinski definition) is 1. The maximum atomic E-state index is 12.2. The van der Waals surface area contributed by atoms with Gasteiger partial charge in [0.25, 0.3) is 0 Å². The predicted molar refractivity (Wildman–Crippen MR) is 72.5 cm³/mol. The number of amides is 2. The summed E-state index contributed by atoms with van der Waals surface area (Å²) in [7, 11) is 0. The number of hydrogen-bond acceptors (Lipinski definition) is 4. The van der Waals surface area contributed by atoms with Gasteiger partial charge >= 0.3 is 11.8 Å². The summed E-state index contributed by atoms with van der Waals surface area (Å²) in [5.74, 6) is -0.103. The smallest absolute Gasteiger partial charge is 0.315 e. The average Bonchev–Trinajstić information content (AvgIpc) is 2.81. The standard InChI is InChI=1S/C12H19N3O2S/c1-8-4-3-5-9(2)15(8)11(17)10(16)14-12-13-6-7-18-12/h8-9H,3-7H2,1-2H3,(H,13,14,16). The van der Waals surface area contributed by atoms with Crippen LogP contribution in [0.3, 0.4) is 0 Å². The van der Waals surface area contributed by atoms with Crippen molar-refractivity contribution >= 4 is 28.7 Å². The number of carbonyl (C=O) groups excluding carboxylic acids is 2. The number of thioether (sulfide) groups is 1. The molecular weight excluding hydrogens is 250 g/mol. The van der Waals surface area contributed by atoms with Gasteiger partial charge in [0, 0.05) is 17.8 Å². The Bertz CT molecular complexity index is 374. The largest absolute Gasteiger partial charge is 0.329 e. The minimum absolute atomic E-state index is 0.144. The molecule has 0 aromatic carbocycles. The first-order chi connectivity index (χ1) is 8.59. The van der Waals surface area contributed by atoms with Crippen LogP contribution >= 0.6 is 11.8 Å². The van der Waals surface area contributed by atoms with E-state index >= 15 is 0 Å². The van der Waals surface area contributed by atoms with Gasteiger partial charge in [-0.2, -0.15) is 0 Å². The van der Waals surface area contributed by atoms with Crippen molar-refractivity contribution in [3.8, 4) is 0 Å². The van der Waals surface area contributed by atoms with Gasteiger partial charge in [-0.25, -0.2) is 0 Å². The van der Waals surface area contributed by atoms with Crippen LogP contribution in [0, 0.1) is 0 Å². The summed E-state index contributed by atoms with van der Waals surface area (Å²) < 4.78 is 0. The van der Waals surface area contributed by atoms with Gasteiger partial charge in [-0.3, -0.25) is 19.9 Å². The fourth-order valence-electron chi connectivity index (χ4n) is 2.50. The first-order valence-electron chi connectivity index (χ1n) is 6.40. The summed E-state index contributed by atoms with van der Waals surface area (Å²) >= 11 is 1.48. The molecule has 2 unspecified atom stereocenters. The highest BCUT2D eigenvalue weighted by atomic mass is 32.2. The number of likely N-dealkylation sites (tertiary alicyclic amines) is 1. The van der Waals surface area contributed by atoms with Crippen molar-refractivity contribution in [1.82, 2.24) is 10.2 Å². The number of rotatable bonds is 0. The summed E-state index contributed by atoms with van der Waals surface area (Å²) in [6, 6.07) is 0.287. The van der Waals surface area contributed by atoms with Crippen LogP contribution < -0.4 is 5.32 Å². The molecule has 0 aliphatic carbocycles. The molecule has 0 radical (unpaired) electrons. The topological polar surface area (TPSA) is 61.8 Å². The van der Waals surface area contributed by atoms with Crippen LogP contribution in [0.15, 0.2) is 4.99 Å². The minimum atomic E-state index is -0.552. The van der Waals surface area contributed by atoms with Crippen LogP contribution in [-0.2, 0) is 9.59 Å². The molecule has 100 valence electrons. The molecule has 18 heavy (non-hydrogen) atoms. The normalized spacial score (nSPS) is 27.9. The van der Waals surface area contributed by atoms with Crippen LogP contribution in [0.4, 0.5) is 0 Å². The Morgan fingerprint density at radius 1 is 1.33 bits per heavy atom. The number of aliphatic imine (C=N–C) groups is 1. The zero-order chi connectivity index (χ0) is 13.1. The number of carbonyl (C=O) groups is 2. The summed E-state index contributed by atoms with van der Waals surface area (Å²) in [4.78, 5) is 29.9. The Labute approximate surface area is 111 Å². The fraction of sp³-hybridized carbons (Fsp3) is 0.750. The molecule has 2 rings (SSSR count). The molecular formula is C12H19N3O2S. The third-order valence-electron chi connectivity index (χ3n) is 3.43. The van der Waals surface area contributed by atoms with Crippen molar-refractivity contribution in [2.24, 2.45) is 4.99 Å². The van der Waals surface area contributed by atoms with Gasteiger partial charge < -0.3 is 4.90 Å². The monoisotopic (exact) mass is 269 g/mol. The highest BCUT2D eigenvalue weighted by Crippen LogP contribution is 2.22. The van der Waals surface area contributed by atoms with E-state index in [1.54, 1.807) is 4.90 Å². The van der Waals surface area contributed by atoms with Crippen molar-refractivity contribution in [1.29, 1.82) is 0 Å². The van der Waals surface area contributed by atoms with E-state index in [1.807, 2.05) is 13.8 Å². The molecule has 0 saturated carbocycles. The number of piperidine rings is 1. The Balaban J connectivity index is 1.98. The van der Waals surface area contributed by atoms with Gasteiger partial charge in [-0.05, 0) is 33.1 Å². The Hall–Kier alpha value is -1.04. The highest BCUT2D eigenvalue weighted by Gasteiger charge is 2.33. The molecule has 0 aromatic rings. The van der Waals surface area contributed by atoms with Crippen LogP contribution in [-0.4, -0.2) is 46.3 Å². The van der Waals surface area contributed by atoms with E-state index in [0.717, 1.165) is 25.0 Å². The minimum Gasteiger partial charge on any atom is -0.329 e. The van der Waals surface area contributed by atoms with Gasteiger partial charge in [0.15, 0.2) is 5.17 Å². The molecule has 6 heteroatoms. The van der Waals surface area contributed by atoms with Crippen LogP contribution in [0.25, 0.3) is 0 Å². The molecule has 1 saturated heterocycles. The van der Waals surface area contributed by atoms with Crippen molar-refractivity contribution in [3.63, 3.8) is 0 Å². The maximum Gasteiger partial charge on any atom is 0.315 e. The van der Waals surface area contributed by atoms with Crippen LogP contribution in [0.2, 0.25) is 0 Å². The zero-order valence-electron chi connectivity index (χ0n) is 10.8. The quantitative estimate of drug-likeness (QED) is 0.667. The molecule has 5 nitrogen and oxygen atoms in total. The lowest BCUT2D eigenvalue weighted by Crippen LogP contribution is -2.53. The average molecular weight is 269 g/mol. The zero-order valence-corrected chi connectivity index (χ0v) is 11.6. The Morgan fingerprint density at radius 2 is 2.00 bits per heavy atom. The van der Waals surface area contributed by atoms with Crippen molar-refractivity contribution in [2.75, 3.05) is 12.3 Å². The fourth-order valence-corrected chi connectivity index (χ4v) is 3.22. The summed E-state index contributed by atoms with van der Waals surface area (Å²) in [6.07, 6.45) is 3.06. The molecule has 0 aromatic heterocycles. The van der Waals surface area contributed by atoms with E-state index in [1.165, 1.54) is 11.8 Å². The van der Waals surface area contributed by atoms with Gasteiger partial charge in [-0.1, -0.05) is 11.8 Å². The third-order valence-corrected chi connectivity index (χ3v) is 4.32. The van der Waals surface area contributed by atoms with Gasteiger partial charge in [0.05, 0.1) is 6.54 Å². The SMILES string of the molecule is CC1CCCC(C)N1C(=O)C(=O)NC1=NCCS1. The van der Waals surface area contributed by atoms with Crippen LogP contribution in [0.1, 0.15) is 33.1 Å². The lowest BCUT2D eigenvalue weighted by atomic mass is 9.97. The van der Waals surface area contributed by atoms with Gasteiger partial charge in [-0.15, -0.1) is 0 Å². The van der Waals surface area contributed by atoms with Crippen molar-refractivity contribution < 1.29 is 9.59 Å². The van der Waals surface area contributed by atoms with E-state index in [4.69, 9.17) is 0 Å². The molecule has 2 atom stereocenters. The second-order valence-electron chi connectivity index (χ2n) is 4.83. The lowest BCUT2D eigenvalue weighted by molar-refractivity contribution is -0.149. The second-order valence-corrected chi connectivity index (χ2v) is 5.91. The Kier molecular flexibility index (Phi) is 4.27. The number of nitrogens with one attached hydrogen (secondary N) is 1. The van der Waals surface area contributed by atoms with Gasteiger partial charge in [0.1, 0.15) is 0 Å². The lowest BCUT2D eigenvalue weighted by Gasteiger charge is -2.38. The summed E-state index contributed by atoms with van der Waals surface area (Å²) in [6.45, 7) is 4.72. The molecule has 2 heterocycles. The van der Waals surface area contributed by atoms with Crippen LogP contribution in [0.5, 0.6) is 0 Å². The first kappa shape index (κ1) is 13.4. The Morgan fingerprint density at radius 3 is 2.56 bits per heavy atom. The molecule has 2 aliphatic heterocycles. The molecule has 1 N–H and O–H groups in total.